The first kappa shape index (κ1) is 16.2. The Bertz CT molecular complexity index is 562. The van der Waals surface area contributed by atoms with E-state index in [2.05, 4.69) is 11.9 Å². The minimum atomic E-state index is -3.27. The zero-order valence-corrected chi connectivity index (χ0v) is 13.4. The first-order chi connectivity index (χ1) is 10.0. The molecule has 4 nitrogen and oxygen atoms in total. The average molecular weight is 308 g/mol. The summed E-state index contributed by atoms with van der Waals surface area (Å²) in [5.74, 6) is 0.0466. The molecule has 1 N–H and O–H groups in total. The molecule has 2 rings (SSSR count). The van der Waals surface area contributed by atoms with E-state index >= 15 is 0 Å². The molecular weight excluding hydrogens is 284 g/mol. The summed E-state index contributed by atoms with van der Waals surface area (Å²) in [5, 5.41) is 3.45. The van der Waals surface area contributed by atoms with Crippen LogP contribution in [-0.4, -0.2) is 31.9 Å². The van der Waals surface area contributed by atoms with Crippen LogP contribution in [0.5, 0.6) is 0 Å². The van der Waals surface area contributed by atoms with Crippen LogP contribution < -0.4 is 5.32 Å². The predicted octanol–water partition coefficient (Wildman–Crippen LogP) is 2.28. The third-order valence-electron chi connectivity index (χ3n) is 3.62. The highest BCUT2D eigenvalue weighted by Crippen LogP contribution is 2.19. The highest BCUT2D eigenvalue weighted by Gasteiger charge is 2.21. The molecule has 0 aliphatic heterocycles. The van der Waals surface area contributed by atoms with Gasteiger partial charge in [-0.3, -0.25) is 0 Å². The molecule has 0 bridgehead atoms. The van der Waals surface area contributed by atoms with E-state index in [0.29, 0.717) is 19.1 Å². The fourth-order valence-electron chi connectivity index (χ4n) is 2.19. The lowest BCUT2D eigenvalue weighted by atomic mass is 10.1. The molecule has 0 radical (unpaired) electrons. The Morgan fingerprint density at radius 3 is 2.43 bits per heavy atom. The van der Waals surface area contributed by atoms with E-state index in [9.17, 15) is 8.42 Å². The monoisotopic (exact) mass is 308 g/mol. The van der Waals surface area contributed by atoms with Crippen LogP contribution in [0.2, 0.25) is 0 Å². The minimum Gasteiger partial charge on any atom is -0.310 e. The van der Waals surface area contributed by atoms with Crippen molar-refractivity contribution in [3.8, 4) is 0 Å². The average Bonchev–Trinajstić information content (AvgIpc) is 3.27. The molecule has 0 spiro atoms. The molecule has 1 aliphatic carbocycles. The quantitative estimate of drug-likeness (QED) is 0.712. The molecule has 1 fully saturated rings. The van der Waals surface area contributed by atoms with Crippen LogP contribution >= 0.6 is 0 Å². The highest BCUT2D eigenvalue weighted by molar-refractivity contribution is 7.88. The van der Waals surface area contributed by atoms with E-state index in [1.807, 2.05) is 31.2 Å². The second-order valence-corrected chi connectivity index (χ2v) is 7.44. The Morgan fingerprint density at radius 2 is 1.90 bits per heavy atom. The second-order valence-electron chi connectivity index (χ2n) is 5.47. The lowest BCUT2D eigenvalue weighted by Crippen LogP contribution is -2.32. The zero-order chi connectivity index (χ0) is 15.3. The number of likely N-dealkylation sites (N-methyl/N-ethyl adjacent to an activating group) is 1. The first-order valence-electron chi connectivity index (χ1n) is 7.45. The molecule has 1 aromatic carbocycles. The molecule has 0 saturated heterocycles. The van der Waals surface area contributed by atoms with E-state index in [1.54, 1.807) is 6.08 Å². The van der Waals surface area contributed by atoms with Gasteiger partial charge in [0.1, 0.15) is 0 Å². The minimum absolute atomic E-state index is 0.0466. The molecule has 0 heterocycles. The molecule has 0 amide bonds. The smallest absolute Gasteiger partial charge is 0.218 e. The largest absolute Gasteiger partial charge is 0.310 e. The fraction of sp³-hybridized carbons (Fsp3) is 0.500. The number of nitrogens with zero attached hydrogens (tertiary/aromatic N) is 1. The van der Waals surface area contributed by atoms with Crippen molar-refractivity contribution in [1.82, 2.24) is 9.62 Å². The van der Waals surface area contributed by atoms with E-state index in [1.165, 1.54) is 22.7 Å². The van der Waals surface area contributed by atoms with Crippen molar-refractivity contribution in [2.24, 2.45) is 0 Å². The van der Waals surface area contributed by atoms with E-state index in [4.69, 9.17) is 0 Å². The summed E-state index contributed by atoms with van der Waals surface area (Å²) in [4.78, 5) is 0. The van der Waals surface area contributed by atoms with Crippen LogP contribution in [0, 0.1) is 0 Å². The molecule has 0 unspecified atom stereocenters. The van der Waals surface area contributed by atoms with Gasteiger partial charge in [-0.1, -0.05) is 37.3 Å². The van der Waals surface area contributed by atoms with Crippen molar-refractivity contribution < 1.29 is 8.42 Å². The molecule has 1 aliphatic rings. The highest BCUT2D eigenvalue weighted by atomic mass is 32.2. The Morgan fingerprint density at radius 1 is 1.29 bits per heavy atom. The van der Waals surface area contributed by atoms with Crippen LogP contribution in [0.1, 0.15) is 30.9 Å². The van der Waals surface area contributed by atoms with Crippen LogP contribution in [0.25, 0.3) is 0 Å². The maximum absolute atomic E-state index is 12.3. The van der Waals surface area contributed by atoms with Gasteiger partial charge in [-0.05, 0) is 24.0 Å². The van der Waals surface area contributed by atoms with Gasteiger partial charge >= 0.3 is 0 Å². The van der Waals surface area contributed by atoms with Gasteiger partial charge in [0.2, 0.25) is 10.0 Å². The van der Waals surface area contributed by atoms with Crippen molar-refractivity contribution in [3.63, 3.8) is 0 Å². The third-order valence-corrected chi connectivity index (χ3v) is 5.52. The van der Waals surface area contributed by atoms with Crippen molar-refractivity contribution >= 4 is 10.0 Å². The standard InChI is InChI=1S/C16H24N2O2S/c1-3-11-18(4-2)21(19,20)13-15-7-5-14(6-8-15)12-17-16-9-10-16/h3,5-8,16-17H,1,4,9-13H2,2H3. The molecule has 0 atom stereocenters. The van der Waals surface area contributed by atoms with Crippen LogP contribution in [0.3, 0.4) is 0 Å². The van der Waals surface area contributed by atoms with Crippen molar-refractivity contribution in [2.45, 2.75) is 38.1 Å². The van der Waals surface area contributed by atoms with Gasteiger partial charge in [-0.2, -0.15) is 4.31 Å². The number of benzene rings is 1. The molecule has 1 saturated carbocycles. The molecule has 0 aromatic heterocycles. The van der Waals surface area contributed by atoms with Gasteiger partial charge < -0.3 is 5.32 Å². The molecule has 1 aromatic rings. The number of nitrogens with one attached hydrogen (secondary N) is 1. The van der Waals surface area contributed by atoms with Crippen LogP contribution in [-0.2, 0) is 22.3 Å². The summed E-state index contributed by atoms with van der Waals surface area (Å²) < 4.78 is 26.0. The summed E-state index contributed by atoms with van der Waals surface area (Å²) in [7, 11) is -3.27. The van der Waals surface area contributed by atoms with Crippen molar-refractivity contribution in [2.75, 3.05) is 13.1 Å². The predicted molar refractivity (Wildman–Crippen MR) is 86.4 cm³/mol. The first-order valence-corrected chi connectivity index (χ1v) is 9.06. The van der Waals surface area contributed by atoms with E-state index in [-0.39, 0.29) is 5.75 Å². The third kappa shape index (κ3) is 4.95. The topological polar surface area (TPSA) is 49.4 Å². The Kier molecular flexibility index (Phi) is 5.56. The number of hydrogen-bond acceptors (Lipinski definition) is 3. The summed E-state index contributed by atoms with van der Waals surface area (Å²) in [6.07, 6.45) is 4.16. The lowest BCUT2D eigenvalue weighted by molar-refractivity contribution is 0.459. The van der Waals surface area contributed by atoms with Crippen LogP contribution in [0.4, 0.5) is 0 Å². The van der Waals surface area contributed by atoms with Gasteiger partial charge in [-0.15, -0.1) is 6.58 Å². The van der Waals surface area contributed by atoms with Crippen LogP contribution in [0.15, 0.2) is 36.9 Å². The summed E-state index contributed by atoms with van der Waals surface area (Å²) in [5.41, 5.74) is 2.02. The SMILES string of the molecule is C=CCN(CC)S(=O)(=O)Cc1ccc(CNC2CC2)cc1. The normalized spacial score (nSPS) is 15.3. The second kappa shape index (κ2) is 7.20. The maximum atomic E-state index is 12.3. The van der Waals surface area contributed by atoms with E-state index in [0.717, 1.165) is 12.1 Å². The Balaban J connectivity index is 1.96. The Hall–Kier alpha value is -1.17. The molecular formula is C16H24N2O2S. The zero-order valence-electron chi connectivity index (χ0n) is 12.6. The van der Waals surface area contributed by atoms with Gasteiger partial charge in [0, 0.05) is 25.7 Å². The number of hydrogen-bond donors (Lipinski definition) is 1. The van der Waals surface area contributed by atoms with Gasteiger partial charge in [0.15, 0.2) is 0 Å². The van der Waals surface area contributed by atoms with E-state index < -0.39 is 10.0 Å². The van der Waals surface area contributed by atoms with Gasteiger partial charge in [0.25, 0.3) is 0 Å². The van der Waals surface area contributed by atoms with Crippen molar-refractivity contribution in [3.05, 3.63) is 48.0 Å². The molecule has 5 heteroatoms. The summed E-state index contributed by atoms with van der Waals surface area (Å²) in [6, 6.07) is 8.50. The van der Waals surface area contributed by atoms with Gasteiger partial charge in [-0.25, -0.2) is 8.42 Å². The van der Waals surface area contributed by atoms with Gasteiger partial charge in [0.05, 0.1) is 5.75 Å². The fourth-order valence-corrected chi connectivity index (χ4v) is 3.71. The molecule has 21 heavy (non-hydrogen) atoms. The Labute approximate surface area is 127 Å². The summed E-state index contributed by atoms with van der Waals surface area (Å²) in [6.45, 7) is 7.14. The molecule has 116 valence electrons. The maximum Gasteiger partial charge on any atom is 0.218 e. The summed E-state index contributed by atoms with van der Waals surface area (Å²) >= 11 is 0. The van der Waals surface area contributed by atoms with Crippen molar-refractivity contribution in [1.29, 1.82) is 0 Å². The lowest BCUT2D eigenvalue weighted by Gasteiger charge is -2.18. The number of rotatable bonds is 9. The number of sulfonamides is 1.